The van der Waals surface area contributed by atoms with E-state index in [9.17, 15) is 15.3 Å². The fourth-order valence-corrected chi connectivity index (χ4v) is 3.99. The largest absolute Gasteiger partial charge is 0.494 e. The maximum atomic E-state index is 10.7. The number of aliphatic hydroxyl groups excluding tert-OH is 2. The number of benzene rings is 1. The van der Waals surface area contributed by atoms with Crippen molar-refractivity contribution in [2.75, 3.05) is 0 Å². The molecular weight excluding hydrogens is 398 g/mol. The van der Waals surface area contributed by atoms with Crippen LogP contribution in [0.2, 0.25) is 0 Å². The van der Waals surface area contributed by atoms with Crippen LogP contribution in [0.1, 0.15) is 56.7 Å². The Labute approximate surface area is 162 Å². The smallest absolute Gasteiger partial charge is 0.199 e. The molecule has 144 valence electrons. The van der Waals surface area contributed by atoms with Crippen molar-refractivity contribution in [1.82, 2.24) is 9.88 Å². The summed E-state index contributed by atoms with van der Waals surface area (Å²) in [5.74, 6) is 0.128. The first-order valence-electron chi connectivity index (χ1n) is 9.26. The van der Waals surface area contributed by atoms with Crippen molar-refractivity contribution in [3.63, 3.8) is 0 Å². The van der Waals surface area contributed by atoms with Gasteiger partial charge in [-0.15, -0.1) is 0 Å². The normalized spacial score (nSPS) is 26.1. The average molecular weight is 426 g/mol. The number of aromatic hydroxyl groups is 1. The Morgan fingerprint density at radius 1 is 1.27 bits per heavy atom. The SMILES string of the molecule is CCC(Br)CCC(N)c1cccc2c(O)n(C3CCC(O)NC3O)cc12. The lowest BCUT2D eigenvalue weighted by atomic mass is 9.97. The lowest BCUT2D eigenvalue weighted by Crippen LogP contribution is -2.47. The van der Waals surface area contributed by atoms with Crippen molar-refractivity contribution in [3.8, 4) is 5.88 Å². The predicted octanol–water partition coefficient (Wildman–Crippen LogP) is 2.86. The van der Waals surface area contributed by atoms with Gasteiger partial charge < -0.3 is 25.6 Å². The van der Waals surface area contributed by atoms with Gasteiger partial charge in [-0.1, -0.05) is 35.0 Å². The van der Waals surface area contributed by atoms with Crippen molar-refractivity contribution in [2.24, 2.45) is 5.73 Å². The Bertz CT molecular complexity index is 751. The summed E-state index contributed by atoms with van der Waals surface area (Å²) in [6.45, 7) is 2.14. The molecule has 1 fully saturated rings. The van der Waals surface area contributed by atoms with E-state index in [-0.39, 0.29) is 18.0 Å². The van der Waals surface area contributed by atoms with Gasteiger partial charge in [-0.05, 0) is 43.7 Å². The van der Waals surface area contributed by atoms with E-state index in [1.807, 2.05) is 24.4 Å². The summed E-state index contributed by atoms with van der Waals surface area (Å²) in [4.78, 5) is 0.459. The molecule has 1 aliphatic heterocycles. The van der Waals surface area contributed by atoms with Gasteiger partial charge in [-0.2, -0.15) is 0 Å². The molecule has 3 rings (SSSR count). The number of nitrogens with one attached hydrogen (secondary N) is 1. The Morgan fingerprint density at radius 3 is 2.73 bits per heavy atom. The summed E-state index contributed by atoms with van der Waals surface area (Å²) >= 11 is 3.65. The van der Waals surface area contributed by atoms with Gasteiger partial charge in [0.25, 0.3) is 0 Å². The standard InChI is InChI=1S/C19H28BrN3O3/c1-2-11(20)6-7-15(21)12-4-3-5-13-14(12)10-23(19(13)26)16-8-9-17(24)22-18(16)25/h3-5,10-11,15-18,22,24-26H,2,6-9,21H2,1H3. The molecule has 6 N–H and O–H groups in total. The van der Waals surface area contributed by atoms with Crippen molar-refractivity contribution in [3.05, 3.63) is 30.0 Å². The second kappa shape index (κ2) is 8.27. The highest BCUT2D eigenvalue weighted by atomic mass is 79.9. The van der Waals surface area contributed by atoms with Gasteiger partial charge in [0.05, 0.1) is 6.04 Å². The fourth-order valence-electron chi connectivity index (χ4n) is 3.73. The molecule has 2 heterocycles. The van der Waals surface area contributed by atoms with Gasteiger partial charge in [0.2, 0.25) is 0 Å². The van der Waals surface area contributed by atoms with Crippen LogP contribution in [0.4, 0.5) is 0 Å². The van der Waals surface area contributed by atoms with Crippen LogP contribution in [-0.4, -0.2) is 37.2 Å². The summed E-state index contributed by atoms with van der Waals surface area (Å²) < 4.78 is 1.70. The number of rotatable bonds is 6. The molecule has 6 nitrogen and oxygen atoms in total. The van der Waals surface area contributed by atoms with E-state index in [0.29, 0.717) is 17.7 Å². The lowest BCUT2D eigenvalue weighted by Gasteiger charge is -2.33. The maximum Gasteiger partial charge on any atom is 0.199 e. The van der Waals surface area contributed by atoms with Gasteiger partial charge in [-0.25, -0.2) is 0 Å². The maximum absolute atomic E-state index is 10.7. The zero-order chi connectivity index (χ0) is 18.8. The fraction of sp³-hybridized carbons (Fsp3) is 0.579. The highest BCUT2D eigenvalue weighted by Gasteiger charge is 2.30. The minimum Gasteiger partial charge on any atom is -0.494 e. The number of nitrogens with zero attached hydrogens (tertiary/aromatic N) is 1. The molecule has 0 spiro atoms. The van der Waals surface area contributed by atoms with Gasteiger partial charge >= 0.3 is 0 Å². The van der Waals surface area contributed by atoms with Gasteiger partial charge in [0.15, 0.2) is 5.88 Å². The summed E-state index contributed by atoms with van der Waals surface area (Å²) in [6, 6.07) is 5.34. The Morgan fingerprint density at radius 2 is 2.04 bits per heavy atom. The van der Waals surface area contributed by atoms with Gasteiger partial charge in [-0.3, -0.25) is 5.32 Å². The number of aliphatic hydroxyl groups is 2. The highest BCUT2D eigenvalue weighted by Crippen LogP contribution is 2.37. The van der Waals surface area contributed by atoms with Crippen LogP contribution in [-0.2, 0) is 0 Å². The third-order valence-corrected chi connectivity index (χ3v) is 6.45. The summed E-state index contributed by atoms with van der Waals surface area (Å²) in [5, 5.41) is 35.0. The number of piperidine rings is 1. The predicted molar refractivity (Wildman–Crippen MR) is 106 cm³/mol. The molecule has 1 aliphatic rings. The third kappa shape index (κ3) is 3.92. The monoisotopic (exact) mass is 425 g/mol. The summed E-state index contributed by atoms with van der Waals surface area (Å²) in [5.41, 5.74) is 7.45. The average Bonchev–Trinajstić information content (AvgIpc) is 2.96. The van der Waals surface area contributed by atoms with Crippen LogP contribution in [0.25, 0.3) is 10.8 Å². The molecular formula is C19H28BrN3O3. The van der Waals surface area contributed by atoms with Crippen LogP contribution in [0.15, 0.2) is 24.4 Å². The Balaban J connectivity index is 1.90. The molecule has 26 heavy (non-hydrogen) atoms. The molecule has 1 aromatic carbocycles. The minimum atomic E-state index is -0.915. The van der Waals surface area contributed by atoms with Crippen molar-refractivity contribution in [1.29, 1.82) is 0 Å². The number of alkyl halides is 1. The summed E-state index contributed by atoms with van der Waals surface area (Å²) in [6.07, 6.45) is 4.25. The second-order valence-corrected chi connectivity index (χ2v) is 8.42. The van der Waals surface area contributed by atoms with E-state index in [0.717, 1.165) is 35.6 Å². The van der Waals surface area contributed by atoms with E-state index in [1.165, 1.54) is 0 Å². The molecule has 0 radical (unpaired) electrons. The van der Waals surface area contributed by atoms with Gasteiger partial charge in [0.1, 0.15) is 12.5 Å². The number of fused-ring (bicyclic) bond motifs is 1. The Hall–Kier alpha value is -1.12. The van der Waals surface area contributed by atoms with E-state index in [4.69, 9.17) is 5.73 Å². The molecule has 5 atom stereocenters. The van der Waals surface area contributed by atoms with E-state index in [1.54, 1.807) is 4.57 Å². The molecule has 0 amide bonds. The zero-order valence-corrected chi connectivity index (χ0v) is 16.6. The number of halogens is 1. The molecule has 5 unspecified atom stereocenters. The minimum absolute atomic E-state index is 0.114. The topological polar surface area (TPSA) is 104 Å². The van der Waals surface area contributed by atoms with Crippen molar-refractivity contribution < 1.29 is 15.3 Å². The quantitative estimate of drug-likeness (QED) is 0.457. The van der Waals surface area contributed by atoms with E-state index < -0.39 is 12.5 Å². The van der Waals surface area contributed by atoms with Crippen molar-refractivity contribution in [2.45, 2.75) is 68.4 Å². The number of aromatic nitrogens is 1. The van der Waals surface area contributed by atoms with Crippen molar-refractivity contribution >= 4 is 26.7 Å². The first-order valence-corrected chi connectivity index (χ1v) is 10.2. The second-order valence-electron chi connectivity index (χ2n) is 7.13. The first kappa shape index (κ1) is 19.6. The van der Waals surface area contributed by atoms with E-state index >= 15 is 0 Å². The number of hydrogen-bond donors (Lipinski definition) is 5. The molecule has 0 aliphatic carbocycles. The van der Waals surface area contributed by atoms with Gasteiger partial charge in [0, 0.05) is 27.8 Å². The molecule has 0 bridgehead atoms. The van der Waals surface area contributed by atoms with E-state index in [2.05, 4.69) is 28.2 Å². The lowest BCUT2D eigenvalue weighted by molar-refractivity contribution is -0.0290. The Kier molecular flexibility index (Phi) is 6.25. The zero-order valence-electron chi connectivity index (χ0n) is 15.0. The third-order valence-electron chi connectivity index (χ3n) is 5.35. The van der Waals surface area contributed by atoms with Crippen LogP contribution in [0.5, 0.6) is 5.88 Å². The number of nitrogens with two attached hydrogens (primary N) is 1. The first-order chi connectivity index (χ1) is 12.4. The van der Waals surface area contributed by atoms with Crippen LogP contribution in [0.3, 0.4) is 0 Å². The molecule has 0 saturated carbocycles. The van der Waals surface area contributed by atoms with Crippen LogP contribution >= 0.6 is 15.9 Å². The molecule has 7 heteroatoms. The number of hydrogen-bond acceptors (Lipinski definition) is 5. The molecule has 1 saturated heterocycles. The summed E-state index contributed by atoms with van der Waals surface area (Å²) in [7, 11) is 0. The van der Waals surface area contributed by atoms with Crippen LogP contribution < -0.4 is 11.1 Å². The highest BCUT2D eigenvalue weighted by molar-refractivity contribution is 9.09. The van der Waals surface area contributed by atoms with Crippen LogP contribution in [0, 0.1) is 0 Å². The molecule has 2 aromatic rings. The molecule has 1 aromatic heterocycles.